The van der Waals surface area contributed by atoms with E-state index in [-0.39, 0.29) is 6.04 Å². The second kappa shape index (κ2) is 5.40. The van der Waals surface area contributed by atoms with Gasteiger partial charge in [-0.05, 0) is 48.7 Å². The Kier molecular flexibility index (Phi) is 4.10. The van der Waals surface area contributed by atoms with Crippen molar-refractivity contribution in [2.24, 2.45) is 0 Å². The van der Waals surface area contributed by atoms with Crippen LogP contribution in [-0.2, 0) is 0 Å². The molecule has 0 saturated carbocycles. The van der Waals surface area contributed by atoms with Gasteiger partial charge in [0, 0.05) is 14.9 Å². The van der Waals surface area contributed by atoms with Gasteiger partial charge in [-0.3, -0.25) is 0 Å². The second-order valence-electron chi connectivity index (χ2n) is 3.86. The van der Waals surface area contributed by atoms with Gasteiger partial charge >= 0.3 is 0 Å². The van der Waals surface area contributed by atoms with E-state index in [1.54, 1.807) is 17.4 Å². The zero-order chi connectivity index (χ0) is 12.4. The molecule has 0 saturated heterocycles. The van der Waals surface area contributed by atoms with E-state index in [1.807, 2.05) is 19.2 Å². The number of rotatable bonds is 3. The third kappa shape index (κ3) is 2.66. The molecule has 90 valence electrons. The lowest BCUT2D eigenvalue weighted by atomic mass is 10.0. The van der Waals surface area contributed by atoms with Gasteiger partial charge in [0.05, 0.1) is 6.04 Å². The third-order valence-electron chi connectivity index (χ3n) is 2.73. The lowest BCUT2D eigenvalue weighted by Gasteiger charge is -2.18. The van der Waals surface area contributed by atoms with Crippen LogP contribution in [0.2, 0.25) is 10.0 Å². The van der Waals surface area contributed by atoms with E-state index < -0.39 is 0 Å². The molecule has 1 atom stereocenters. The maximum absolute atomic E-state index is 6.25. The summed E-state index contributed by atoms with van der Waals surface area (Å²) in [7, 11) is 1.94. The van der Waals surface area contributed by atoms with Crippen LogP contribution in [0.15, 0.2) is 29.6 Å². The Morgan fingerprint density at radius 3 is 2.53 bits per heavy atom. The first kappa shape index (κ1) is 12.9. The number of nitrogens with one attached hydrogen (secondary N) is 1. The number of thiophene rings is 1. The fraction of sp³-hybridized carbons (Fsp3) is 0.231. The Hall–Kier alpha value is -0.540. The zero-order valence-electron chi connectivity index (χ0n) is 9.63. The second-order valence-corrected chi connectivity index (χ2v) is 5.65. The van der Waals surface area contributed by atoms with Crippen LogP contribution in [-0.4, -0.2) is 7.05 Å². The SMILES string of the molecule is CNC(c1ccc(Cl)cc1Cl)c1sccc1C. The average Bonchev–Trinajstić information content (AvgIpc) is 2.69. The van der Waals surface area contributed by atoms with Crippen LogP contribution < -0.4 is 5.32 Å². The highest BCUT2D eigenvalue weighted by molar-refractivity contribution is 7.10. The van der Waals surface area contributed by atoms with E-state index in [9.17, 15) is 0 Å². The van der Waals surface area contributed by atoms with Crippen LogP contribution in [0.3, 0.4) is 0 Å². The van der Waals surface area contributed by atoms with Crippen molar-refractivity contribution in [3.8, 4) is 0 Å². The van der Waals surface area contributed by atoms with Gasteiger partial charge in [0.1, 0.15) is 0 Å². The number of hydrogen-bond donors (Lipinski definition) is 1. The molecule has 0 bridgehead atoms. The van der Waals surface area contributed by atoms with Gasteiger partial charge in [-0.15, -0.1) is 11.3 Å². The Bertz CT molecular complexity index is 522. The Balaban J connectivity index is 2.46. The molecule has 0 fully saturated rings. The van der Waals surface area contributed by atoms with Crippen molar-refractivity contribution >= 4 is 34.5 Å². The number of aryl methyl sites for hydroxylation is 1. The quantitative estimate of drug-likeness (QED) is 0.864. The normalized spacial score (nSPS) is 12.7. The molecule has 0 spiro atoms. The van der Waals surface area contributed by atoms with E-state index in [0.717, 1.165) is 5.56 Å². The average molecular weight is 286 g/mol. The molecule has 1 aromatic carbocycles. The van der Waals surface area contributed by atoms with E-state index in [4.69, 9.17) is 23.2 Å². The monoisotopic (exact) mass is 285 g/mol. The Labute approximate surface area is 115 Å². The van der Waals surface area contributed by atoms with Gasteiger partial charge in [-0.2, -0.15) is 0 Å². The minimum absolute atomic E-state index is 0.125. The van der Waals surface area contributed by atoms with Gasteiger partial charge in [-0.25, -0.2) is 0 Å². The van der Waals surface area contributed by atoms with E-state index in [0.29, 0.717) is 10.0 Å². The molecular weight excluding hydrogens is 273 g/mol. The molecule has 2 aromatic rings. The van der Waals surface area contributed by atoms with E-state index >= 15 is 0 Å². The highest BCUT2D eigenvalue weighted by Gasteiger charge is 2.18. The zero-order valence-corrected chi connectivity index (χ0v) is 12.0. The molecule has 1 nitrogen and oxygen atoms in total. The number of halogens is 2. The predicted octanol–water partition coefficient (Wildman–Crippen LogP) is 4.67. The van der Waals surface area contributed by atoms with Gasteiger partial charge in [0.15, 0.2) is 0 Å². The summed E-state index contributed by atoms with van der Waals surface area (Å²) in [5.74, 6) is 0. The first-order chi connectivity index (χ1) is 8.13. The number of hydrogen-bond acceptors (Lipinski definition) is 2. The topological polar surface area (TPSA) is 12.0 Å². The third-order valence-corrected chi connectivity index (χ3v) is 4.37. The minimum atomic E-state index is 0.125. The molecule has 0 aliphatic carbocycles. The summed E-state index contributed by atoms with van der Waals surface area (Å²) in [6.07, 6.45) is 0. The summed E-state index contributed by atoms with van der Waals surface area (Å²) in [5.41, 5.74) is 2.34. The number of benzene rings is 1. The van der Waals surface area contributed by atoms with Gasteiger partial charge in [0.25, 0.3) is 0 Å². The maximum atomic E-state index is 6.25. The highest BCUT2D eigenvalue weighted by Crippen LogP contribution is 2.34. The molecule has 1 unspecified atom stereocenters. The molecule has 0 radical (unpaired) electrons. The Morgan fingerprint density at radius 2 is 2.00 bits per heavy atom. The van der Waals surface area contributed by atoms with Crippen molar-refractivity contribution in [3.05, 3.63) is 55.7 Å². The Morgan fingerprint density at radius 1 is 1.24 bits per heavy atom. The fourth-order valence-electron chi connectivity index (χ4n) is 1.84. The van der Waals surface area contributed by atoms with Crippen LogP contribution in [0, 0.1) is 6.92 Å². The smallest absolute Gasteiger partial charge is 0.0685 e. The van der Waals surface area contributed by atoms with Crippen LogP contribution in [0.25, 0.3) is 0 Å². The minimum Gasteiger partial charge on any atom is -0.309 e. The predicted molar refractivity (Wildman–Crippen MR) is 76.4 cm³/mol. The van der Waals surface area contributed by atoms with Crippen LogP contribution >= 0.6 is 34.5 Å². The molecule has 0 aliphatic heterocycles. The van der Waals surface area contributed by atoms with Crippen molar-refractivity contribution in [2.45, 2.75) is 13.0 Å². The molecule has 2 rings (SSSR count). The van der Waals surface area contributed by atoms with Crippen molar-refractivity contribution in [2.75, 3.05) is 7.05 Å². The summed E-state index contributed by atoms with van der Waals surface area (Å²) in [4.78, 5) is 1.29. The van der Waals surface area contributed by atoms with Crippen molar-refractivity contribution in [1.82, 2.24) is 5.32 Å². The van der Waals surface area contributed by atoms with Crippen molar-refractivity contribution < 1.29 is 0 Å². The van der Waals surface area contributed by atoms with Crippen LogP contribution in [0.1, 0.15) is 22.0 Å². The standard InChI is InChI=1S/C13H13Cl2NS/c1-8-5-6-17-13(8)12(16-2)10-4-3-9(14)7-11(10)15/h3-7,12,16H,1-2H3. The molecule has 4 heteroatoms. The lowest BCUT2D eigenvalue weighted by molar-refractivity contribution is 0.700. The van der Waals surface area contributed by atoms with E-state index in [1.165, 1.54) is 10.4 Å². The van der Waals surface area contributed by atoms with E-state index in [2.05, 4.69) is 23.7 Å². The molecule has 17 heavy (non-hydrogen) atoms. The summed E-state index contributed by atoms with van der Waals surface area (Å²) in [6.45, 7) is 2.11. The molecule has 1 aromatic heterocycles. The van der Waals surface area contributed by atoms with Crippen LogP contribution in [0.5, 0.6) is 0 Å². The summed E-state index contributed by atoms with van der Waals surface area (Å²) in [6, 6.07) is 7.88. The summed E-state index contributed by atoms with van der Waals surface area (Å²) in [5, 5.41) is 6.76. The van der Waals surface area contributed by atoms with Gasteiger partial charge < -0.3 is 5.32 Å². The summed E-state index contributed by atoms with van der Waals surface area (Å²) < 4.78 is 0. The first-order valence-corrected chi connectivity index (χ1v) is 6.93. The maximum Gasteiger partial charge on any atom is 0.0685 e. The summed E-state index contributed by atoms with van der Waals surface area (Å²) >= 11 is 13.9. The first-order valence-electron chi connectivity index (χ1n) is 5.29. The molecular formula is C13H13Cl2NS. The molecule has 0 aliphatic rings. The van der Waals surface area contributed by atoms with Crippen molar-refractivity contribution in [3.63, 3.8) is 0 Å². The molecule has 1 heterocycles. The highest BCUT2D eigenvalue weighted by atomic mass is 35.5. The van der Waals surface area contributed by atoms with Crippen molar-refractivity contribution in [1.29, 1.82) is 0 Å². The van der Waals surface area contributed by atoms with Gasteiger partial charge in [0.2, 0.25) is 0 Å². The fourth-order valence-corrected chi connectivity index (χ4v) is 3.41. The van der Waals surface area contributed by atoms with Gasteiger partial charge in [-0.1, -0.05) is 29.3 Å². The molecule has 1 N–H and O–H groups in total. The lowest BCUT2D eigenvalue weighted by Crippen LogP contribution is -2.17. The van der Waals surface area contributed by atoms with Crippen LogP contribution in [0.4, 0.5) is 0 Å². The molecule has 0 amide bonds. The largest absolute Gasteiger partial charge is 0.309 e.